The van der Waals surface area contributed by atoms with Crippen LogP contribution in [0.2, 0.25) is 0 Å². The summed E-state index contributed by atoms with van der Waals surface area (Å²) in [4.78, 5) is 10.5. The number of alkyl halides is 7. The molecule has 0 fully saturated rings. The summed E-state index contributed by atoms with van der Waals surface area (Å²) in [6.45, 7) is 0. The van der Waals surface area contributed by atoms with Gasteiger partial charge in [0, 0.05) is 10.9 Å². The van der Waals surface area contributed by atoms with E-state index >= 15 is 0 Å². The van der Waals surface area contributed by atoms with E-state index < -0.39 is 29.0 Å². The van der Waals surface area contributed by atoms with Gasteiger partial charge in [-0.1, -0.05) is 15.9 Å². The van der Waals surface area contributed by atoms with Crippen LogP contribution < -0.4 is 0 Å². The first kappa shape index (κ1) is 15.0. The molecule has 0 bridgehead atoms. The molecule has 18 heavy (non-hydrogen) atoms. The SMILES string of the molecule is O=Cc1cc(CBr)cc(C(F)(F)F)c1C(F)(F)F. The predicted octanol–water partition coefficient (Wildman–Crippen LogP) is 4.43. The van der Waals surface area contributed by atoms with Crippen LogP contribution >= 0.6 is 15.9 Å². The summed E-state index contributed by atoms with van der Waals surface area (Å²) in [5.41, 5.74) is -4.88. The Kier molecular flexibility index (Phi) is 4.09. The first-order chi connectivity index (χ1) is 8.11. The number of rotatable bonds is 2. The predicted molar refractivity (Wildman–Crippen MR) is 54.5 cm³/mol. The smallest absolute Gasteiger partial charge is 0.298 e. The zero-order valence-electron chi connectivity index (χ0n) is 8.49. The number of hydrogen-bond donors (Lipinski definition) is 0. The minimum Gasteiger partial charge on any atom is -0.298 e. The summed E-state index contributed by atoms with van der Waals surface area (Å²) in [5.74, 6) is 0. The van der Waals surface area contributed by atoms with E-state index in [1.54, 1.807) is 0 Å². The first-order valence-electron chi connectivity index (χ1n) is 4.43. The van der Waals surface area contributed by atoms with Gasteiger partial charge < -0.3 is 0 Å². The molecular weight excluding hydrogens is 330 g/mol. The number of hydrogen-bond acceptors (Lipinski definition) is 1. The lowest BCUT2D eigenvalue weighted by Crippen LogP contribution is -2.19. The van der Waals surface area contributed by atoms with Crippen molar-refractivity contribution in [2.24, 2.45) is 0 Å². The lowest BCUT2D eigenvalue weighted by molar-refractivity contribution is -0.162. The summed E-state index contributed by atoms with van der Waals surface area (Å²) in [6.07, 6.45) is -10.7. The summed E-state index contributed by atoms with van der Waals surface area (Å²) >= 11 is 2.83. The van der Waals surface area contributed by atoms with Crippen molar-refractivity contribution >= 4 is 22.2 Å². The fourth-order valence-electron chi connectivity index (χ4n) is 1.44. The van der Waals surface area contributed by atoms with E-state index in [9.17, 15) is 31.1 Å². The molecule has 0 heterocycles. The van der Waals surface area contributed by atoms with Crippen molar-refractivity contribution in [2.75, 3.05) is 0 Å². The maximum atomic E-state index is 12.6. The fourth-order valence-corrected chi connectivity index (χ4v) is 1.76. The number of benzene rings is 1. The summed E-state index contributed by atoms with van der Waals surface area (Å²) in [5, 5.41) is -0.0882. The van der Waals surface area contributed by atoms with Crippen LogP contribution in [0.25, 0.3) is 0 Å². The van der Waals surface area contributed by atoms with E-state index in [4.69, 9.17) is 0 Å². The molecule has 0 unspecified atom stereocenters. The van der Waals surface area contributed by atoms with Gasteiger partial charge in [-0.2, -0.15) is 26.3 Å². The summed E-state index contributed by atoms with van der Waals surface area (Å²) in [7, 11) is 0. The van der Waals surface area contributed by atoms with Crippen molar-refractivity contribution in [3.63, 3.8) is 0 Å². The third-order valence-electron chi connectivity index (χ3n) is 2.10. The Bertz CT molecular complexity index is 463. The summed E-state index contributed by atoms with van der Waals surface area (Å²) < 4.78 is 75.5. The molecule has 0 N–H and O–H groups in total. The van der Waals surface area contributed by atoms with Gasteiger partial charge in [0.1, 0.15) is 0 Å². The van der Waals surface area contributed by atoms with Crippen LogP contribution in [0, 0.1) is 0 Å². The van der Waals surface area contributed by atoms with Gasteiger partial charge in [0.2, 0.25) is 0 Å². The third kappa shape index (κ3) is 3.04. The monoisotopic (exact) mass is 334 g/mol. The summed E-state index contributed by atoms with van der Waals surface area (Å²) in [6, 6.07) is 1.16. The average Bonchev–Trinajstić information content (AvgIpc) is 2.24. The normalized spacial score (nSPS) is 12.6. The third-order valence-corrected chi connectivity index (χ3v) is 2.75. The maximum absolute atomic E-state index is 12.6. The van der Waals surface area contributed by atoms with Crippen LogP contribution in [-0.4, -0.2) is 6.29 Å². The molecule has 1 aromatic carbocycles. The molecule has 1 rings (SSSR count). The topological polar surface area (TPSA) is 17.1 Å². The van der Waals surface area contributed by atoms with Gasteiger partial charge in [0.05, 0.1) is 11.1 Å². The van der Waals surface area contributed by atoms with Crippen molar-refractivity contribution < 1.29 is 31.1 Å². The van der Waals surface area contributed by atoms with Crippen LogP contribution in [0.5, 0.6) is 0 Å². The molecule has 1 aromatic rings. The molecule has 8 heteroatoms. The Morgan fingerprint density at radius 1 is 1.06 bits per heavy atom. The lowest BCUT2D eigenvalue weighted by Gasteiger charge is -2.18. The van der Waals surface area contributed by atoms with Crippen LogP contribution in [0.3, 0.4) is 0 Å². The van der Waals surface area contributed by atoms with Crippen LogP contribution in [0.4, 0.5) is 26.3 Å². The number of carbonyl (C=O) groups is 1. The quantitative estimate of drug-likeness (QED) is 0.444. The molecule has 100 valence electrons. The molecule has 0 amide bonds. The molecule has 0 aliphatic rings. The molecule has 0 spiro atoms. The molecule has 1 nitrogen and oxygen atoms in total. The zero-order valence-corrected chi connectivity index (χ0v) is 10.1. The van der Waals surface area contributed by atoms with Crippen molar-refractivity contribution in [1.82, 2.24) is 0 Å². The largest absolute Gasteiger partial charge is 0.417 e. The van der Waals surface area contributed by atoms with Gasteiger partial charge in [0.25, 0.3) is 0 Å². The highest BCUT2D eigenvalue weighted by atomic mass is 79.9. The Balaban J connectivity index is 3.69. The lowest BCUT2D eigenvalue weighted by atomic mass is 9.97. The zero-order chi connectivity index (χ0) is 14.1. The van der Waals surface area contributed by atoms with E-state index in [2.05, 4.69) is 15.9 Å². The highest BCUT2D eigenvalue weighted by Crippen LogP contribution is 2.42. The first-order valence-corrected chi connectivity index (χ1v) is 5.56. The molecule has 0 aromatic heterocycles. The number of halogens is 7. The maximum Gasteiger partial charge on any atom is 0.417 e. The van der Waals surface area contributed by atoms with E-state index in [1.165, 1.54) is 0 Å². The van der Waals surface area contributed by atoms with Crippen molar-refractivity contribution in [2.45, 2.75) is 17.7 Å². The fraction of sp³-hybridized carbons (Fsp3) is 0.300. The van der Waals surface area contributed by atoms with Crippen molar-refractivity contribution in [1.29, 1.82) is 0 Å². The Labute approximate surface area is 106 Å². The second-order valence-corrected chi connectivity index (χ2v) is 3.92. The highest BCUT2D eigenvalue weighted by molar-refractivity contribution is 9.08. The van der Waals surface area contributed by atoms with Crippen LogP contribution in [0.1, 0.15) is 27.0 Å². The minimum absolute atomic E-state index is 0.0579. The van der Waals surface area contributed by atoms with Gasteiger partial charge in [-0.3, -0.25) is 4.79 Å². The van der Waals surface area contributed by atoms with E-state index in [0.717, 1.165) is 6.07 Å². The number of aldehydes is 1. The number of carbonyl (C=O) groups excluding carboxylic acids is 1. The van der Waals surface area contributed by atoms with Gasteiger partial charge in [-0.25, -0.2) is 0 Å². The van der Waals surface area contributed by atoms with Gasteiger partial charge in [-0.05, 0) is 17.7 Å². The van der Waals surface area contributed by atoms with Gasteiger partial charge in [-0.15, -0.1) is 0 Å². The minimum atomic E-state index is -5.24. The second kappa shape index (κ2) is 4.91. The van der Waals surface area contributed by atoms with E-state index in [0.29, 0.717) is 6.07 Å². The molecule has 0 aliphatic carbocycles. The van der Waals surface area contributed by atoms with Crippen molar-refractivity contribution in [3.05, 3.63) is 34.4 Å². The van der Waals surface area contributed by atoms with E-state index in [-0.39, 0.29) is 17.2 Å². The average molecular weight is 335 g/mol. The van der Waals surface area contributed by atoms with Crippen LogP contribution in [0.15, 0.2) is 12.1 Å². The highest BCUT2D eigenvalue weighted by Gasteiger charge is 2.45. The molecule has 0 aliphatic heterocycles. The Morgan fingerprint density at radius 3 is 1.94 bits per heavy atom. The molecular formula is C10H5BrF6O. The van der Waals surface area contributed by atoms with Crippen LogP contribution in [-0.2, 0) is 17.7 Å². The molecule has 0 saturated carbocycles. The standard InChI is InChI=1S/C10H5BrF6O/c11-3-5-1-6(4-18)8(10(15,16)17)7(2-5)9(12,13)14/h1-2,4H,3H2. The van der Waals surface area contributed by atoms with Crippen molar-refractivity contribution in [3.8, 4) is 0 Å². The molecule has 0 radical (unpaired) electrons. The Hall–Kier alpha value is -1.05. The Morgan fingerprint density at radius 2 is 1.61 bits per heavy atom. The molecule has 0 saturated heterocycles. The second-order valence-electron chi connectivity index (χ2n) is 3.35. The van der Waals surface area contributed by atoms with E-state index in [1.807, 2.05) is 0 Å². The molecule has 0 atom stereocenters. The van der Waals surface area contributed by atoms with Gasteiger partial charge in [0.15, 0.2) is 6.29 Å². The van der Waals surface area contributed by atoms with Gasteiger partial charge >= 0.3 is 12.4 Å².